The molecule has 0 radical (unpaired) electrons. The van der Waals surface area contributed by atoms with Crippen molar-refractivity contribution >= 4 is 23.5 Å². The summed E-state index contributed by atoms with van der Waals surface area (Å²) in [5.74, 6) is 2.75. The van der Waals surface area contributed by atoms with Gasteiger partial charge < -0.3 is 4.42 Å². The maximum Gasteiger partial charge on any atom is 0.246 e. The minimum Gasteiger partial charge on any atom is -0.460 e. The molecule has 21 heavy (non-hydrogen) atoms. The topological polar surface area (TPSA) is 67.5 Å². The van der Waals surface area contributed by atoms with Gasteiger partial charge in [-0.15, -0.1) is 11.3 Å². The number of furan rings is 1. The van der Waals surface area contributed by atoms with Crippen LogP contribution in [-0.2, 0) is 11.2 Å². The Balaban J connectivity index is 1.49. The van der Waals surface area contributed by atoms with E-state index in [1.54, 1.807) is 0 Å². The average molecular weight is 303 g/mol. The van der Waals surface area contributed by atoms with Crippen LogP contribution in [0, 0.1) is 12.8 Å². The molecule has 0 aliphatic heterocycles. The molecular weight excluding hydrogens is 286 g/mol. The van der Waals surface area contributed by atoms with Crippen molar-refractivity contribution in [1.29, 1.82) is 0 Å². The quantitative estimate of drug-likeness (QED) is 0.682. The highest BCUT2D eigenvalue weighted by Crippen LogP contribution is 2.47. The van der Waals surface area contributed by atoms with E-state index in [1.807, 2.05) is 24.4 Å². The Hall–Kier alpha value is -1.95. The highest BCUT2D eigenvalue weighted by atomic mass is 32.1. The van der Waals surface area contributed by atoms with E-state index in [-0.39, 0.29) is 12.3 Å². The molecule has 1 N–H and O–H groups in total. The molecule has 110 valence electrons. The van der Waals surface area contributed by atoms with Gasteiger partial charge in [-0.05, 0) is 31.4 Å². The molecule has 6 heteroatoms. The van der Waals surface area contributed by atoms with Crippen LogP contribution in [0.1, 0.15) is 41.5 Å². The predicted molar refractivity (Wildman–Crippen MR) is 81.5 cm³/mol. The van der Waals surface area contributed by atoms with E-state index in [4.69, 9.17) is 4.42 Å². The predicted octanol–water partition coefficient (Wildman–Crippen LogP) is 2.86. The molecule has 0 unspecified atom stereocenters. The van der Waals surface area contributed by atoms with E-state index in [9.17, 15) is 4.79 Å². The van der Waals surface area contributed by atoms with Gasteiger partial charge in [-0.1, -0.05) is 6.92 Å². The highest BCUT2D eigenvalue weighted by Gasteiger charge is 2.36. The van der Waals surface area contributed by atoms with E-state index >= 15 is 0 Å². The molecule has 0 aromatic carbocycles. The van der Waals surface area contributed by atoms with Crippen LogP contribution < -0.4 is 5.43 Å². The first kappa shape index (κ1) is 14.0. The van der Waals surface area contributed by atoms with Crippen molar-refractivity contribution in [1.82, 2.24) is 10.4 Å². The fourth-order valence-electron chi connectivity index (χ4n) is 2.22. The lowest BCUT2D eigenvalue weighted by atomic mass is 10.3. The number of aromatic nitrogens is 1. The zero-order valence-electron chi connectivity index (χ0n) is 12.0. The smallest absolute Gasteiger partial charge is 0.246 e. The molecule has 1 amide bonds. The van der Waals surface area contributed by atoms with Gasteiger partial charge >= 0.3 is 0 Å². The molecule has 2 heterocycles. The average Bonchev–Trinajstić information content (AvgIpc) is 2.85. The first-order valence-corrected chi connectivity index (χ1v) is 7.82. The molecule has 2 atom stereocenters. The van der Waals surface area contributed by atoms with E-state index < -0.39 is 0 Å². The number of nitrogens with one attached hydrogen (secondary N) is 1. The van der Waals surface area contributed by atoms with Crippen LogP contribution in [0.25, 0.3) is 0 Å². The molecule has 1 aliphatic rings. The number of carbonyl (C=O) groups is 1. The molecule has 1 fully saturated rings. The molecule has 1 aliphatic carbocycles. The molecule has 0 bridgehead atoms. The lowest BCUT2D eigenvalue weighted by molar-refractivity contribution is -0.120. The molecule has 0 saturated heterocycles. The fourth-order valence-corrected chi connectivity index (χ4v) is 2.83. The number of thiazole rings is 1. The lowest BCUT2D eigenvalue weighted by Gasteiger charge is -1.96. The van der Waals surface area contributed by atoms with E-state index in [2.05, 4.69) is 22.4 Å². The molecule has 3 rings (SSSR count). The second kappa shape index (κ2) is 5.81. The van der Waals surface area contributed by atoms with Crippen LogP contribution in [0.5, 0.6) is 0 Å². The van der Waals surface area contributed by atoms with Crippen LogP contribution >= 0.6 is 11.3 Å². The summed E-state index contributed by atoms with van der Waals surface area (Å²) in [5, 5.41) is 6.75. The normalized spacial score (nSPS) is 20.9. The van der Waals surface area contributed by atoms with Crippen molar-refractivity contribution in [2.45, 2.75) is 32.6 Å². The second-order valence-electron chi connectivity index (χ2n) is 5.39. The van der Waals surface area contributed by atoms with Gasteiger partial charge in [-0.3, -0.25) is 4.79 Å². The van der Waals surface area contributed by atoms with Crippen molar-refractivity contribution in [3.63, 3.8) is 0 Å². The standard InChI is InChI=1S/C15H17N3O2S/c1-9-5-13(9)14-4-3-12(20-14)7-16-18-15(19)6-11-8-21-10(2)17-11/h3-4,7-9,13H,5-6H2,1-2H3,(H,18,19)/b16-7-/t9-,13+/m0/s1. The van der Waals surface area contributed by atoms with Crippen molar-refractivity contribution < 1.29 is 9.21 Å². The number of rotatable bonds is 5. The Bertz CT molecular complexity index is 674. The zero-order chi connectivity index (χ0) is 14.8. The third kappa shape index (κ3) is 3.58. The third-order valence-electron chi connectivity index (χ3n) is 3.51. The molecule has 2 aromatic rings. The van der Waals surface area contributed by atoms with E-state index in [0.29, 0.717) is 17.6 Å². The Morgan fingerprint density at radius 3 is 3.10 bits per heavy atom. The minimum atomic E-state index is -0.181. The SMILES string of the molecule is Cc1nc(CC(=O)N/N=C\c2ccc([C@@H]3C[C@@H]3C)o2)cs1. The van der Waals surface area contributed by atoms with E-state index in [1.165, 1.54) is 24.0 Å². The summed E-state index contributed by atoms with van der Waals surface area (Å²) < 4.78 is 5.67. The number of carbonyl (C=O) groups excluding carboxylic acids is 1. The number of aryl methyl sites for hydroxylation is 1. The van der Waals surface area contributed by atoms with Gasteiger partial charge in [-0.2, -0.15) is 5.10 Å². The van der Waals surface area contributed by atoms with E-state index in [0.717, 1.165) is 16.5 Å². The molecular formula is C15H17N3O2S. The first-order valence-electron chi connectivity index (χ1n) is 6.94. The van der Waals surface area contributed by atoms with Crippen molar-refractivity contribution in [3.8, 4) is 0 Å². The van der Waals surface area contributed by atoms with Gasteiger partial charge in [0.2, 0.25) is 5.91 Å². The summed E-state index contributed by atoms with van der Waals surface area (Å²) in [7, 11) is 0. The number of hydrogen-bond acceptors (Lipinski definition) is 5. The van der Waals surface area contributed by atoms with Crippen LogP contribution in [0.2, 0.25) is 0 Å². The molecule has 2 aromatic heterocycles. The number of nitrogens with zero attached hydrogens (tertiary/aromatic N) is 2. The highest BCUT2D eigenvalue weighted by molar-refractivity contribution is 7.09. The Morgan fingerprint density at radius 1 is 1.62 bits per heavy atom. The Morgan fingerprint density at radius 2 is 2.43 bits per heavy atom. The van der Waals surface area contributed by atoms with Crippen molar-refractivity contribution in [2.75, 3.05) is 0 Å². The summed E-state index contributed by atoms with van der Waals surface area (Å²) in [6, 6.07) is 3.86. The molecule has 0 spiro atoms. The van der Waals surface area contributed by atoms with Crippen LogP contribution in [0.15, 0.2) is 27.0 Å². The number of hydrogen-bond donors (Lipinski definition) is 1. The first-order chi connectivity index (χ1) is 10.1. The van der Waals surface area contributed by atoms with Gasteiger partial charge in [0.1, 0.15) is 11.5 Å². The van der Waals surface area contributed by atoms with Gasteiger partial charge in [0.25, 0.3) is 0 Å². The summed E-state index contributed by atoms with van der Waals surface area (Å²) in [6.45, 7) is 4.13. The van der Waals surface area contributed by atoms with Crippen molar-refractivity contribution in [3.05, 3.63) is 39.7 Å². The van der Waals surface area contributed by atoms with Gasteiger partial charge in [0.15, 0.2) is 0 Å². The van der Waals surface area contributed by atoms with Crippen LogP contribution in [-0.4, -0.2) is 17.1 Å². The third-order valence-corrected chi connectivity index (χ3v) is 4.33. The summed E-state index contributed by atoms with van der Waals surface area (Å²) in [6.07, 6.45) is 2.96. The Kier molecular flexibility index (Phi) is 3.88. The molecule has 1 saturated carbocycles. The largest absolute Gasteiger partial charge is 0.460 e. The maximum atomic E-state index is 11.7. The van der Waals surface area contributed by atoms with Gasteiger partial charge in [0.05, 0.1) is 23.3 Å². The summed E-state index contributed by atoms with van der Waals surface area (Å²) in [4.78, 5) is 15.9. The van der Waals surface area contributed by atoms with Crippen molar-refractivity contribution in [2.24, 2.45) is 11.0 Å². The number of amides is 1. The summed E-state index contributed by atoms with van der Waals surface area (Å²) >= 11 is 1.53. The maximum absolute atomic E-state index is 11.7. The van der Waals surface area contributed by atoms with Gasteiger partial charge in [-0.25, -0.2) is 10.4 Å². The number of hydrazone groups is 1. The Labute approximate surface area is 127 Å². The van der Waals surface area contributed by atoms with Crippen LogP contribution in [0.3, 0.4) is 0 Å². The monoisotopic (exact) mass is 303 g/mol. The lowest BCUT2D eigenvalue weighted by Crippen LogP contribution is -2.19. The molecule has 5 nitrogen and oxygen atoms in total. The fraction of sp³-hybridized carbons (Fsp3) is 0.400. The zero-order valence-corrected chi connectivity index (χ0v) is 12.8. The summed E-state index contributed by atoms with van der Waals surface area (Å²) in [5.41, 5.74) is 3.26. The van der Waals surface area contributed by atoms with Gasteiger partial charge in [0, 0.05) is 11.3 Å². The van der Waals surface area contributed by atoms with Crippen LogP contribution in [0.4, 0.5) is 0 Å². The second-order valence-corrected chi connectivity index (χ2v) is 6.45. The minimum absolute atomic E-state index is 0.181.